The Morgan fingerprint density at radius 1 is 1.21 bits per heavy atom. The number of hydrogen-bond acceptors (Lipinski definition) is 4. The SMILES string of the molecule is COCC1(c2nc3c(c(-c4ccnn4C)c2C#N)CC(C)(C)CC3)CCCCC1. The Hall–Kier alpha value is -2.19. The standard InChI is InChI=1S/C24H32N4O/c1-23(2)12-8-19-17(14-23)21(20-9-13-26-28(20)3)18(15-25)22(27-19)24(16-29-4)10-6-5-7-11-24/h9,13H,5-8,10-12,14,16H2,1-4H3. The zero-order valence-corrected chi connectivity index (χ0v) is 18.2. The Kier molecular flexibility index (Phi) is 5.25. The summed E-state index contributed by atoms with van der Waals surface area (Å²) in [6.07, 6.45) is 10.5. The maximum atomic E-state index is 10.4. The van der Waals surface area contributed by atoms with Crippen LogP contribution >= 0.6 is 0 Å². The first-order valence-electron chi connectivity index (χ1n) is 10.8. The first kappa shape index (κ1) is 20.1. The summed E-state index contributed by atoms with van der Waals surface area (Å²) in [5.41, 5.74) is 6.26. The second-order valence-electron chi connectivity index (χ2n) is 9.70. The van der Waals surface area contributed by atoms with E-state index in [-0.39, 0.29) is 10.8 Å². The molecule has 2 aromatic rings. The van der Waals surface area contributed by atoms with E-state index in [9.17, 15) is 5.26 Å². The van der Waals surface area contributed by atoms with Gasteiger partial charge in [-0.05, 0) is 49.1 Å². The summed E-state index contributed by atoms with van der Waals surface area (Å²) in [6, 6.07) is 4.61. The molecule has 154 valence electrons. The molecule has 0 aliphatic heterocycles. The van der Waals surface area contributed by atoms with Gasteiger partial charge in [0, 0.05) is 37.0 Å². The summed E-state index contributed by atoms with van der Waals surface area (Å²) in [6.45, 7) is 5.26. The van der Waals surface area contributed by atoms with Gasteiger partial charge < -0.3 is 4.74 Å². The lowest BCUT2D eigenvalue weighted by Crippen LogP contribution is -2.37. The fourth-order valence-electron chi connectivity index (χ4n) is 5.44. The highest BCUT2D eigenvalue weighted by molar-refractivity contribution is 5.74. The molecular weight excluding hydrogens is 360 g/mol. The summed E-state index contributed by atoms with van der Waals surface area (Å²) in [5, 5.41) is 14.8. The van der Waals surface area contributed by atoms with Crippen molar-refractivity contribution in [2.24, 2.45) is 12.5 Å². The van der Waals surface area contributed by atoms with Gasteiger partial charge in [-0.1, -0.05) is 33.1 Å². The van der Waals surface area contributed by atoms with E-state index in [1.54, 1.807) is 7.11 Å². The maximum Gasteiger partial charge on any atom is 0.102 e. The van der Waals surface area contributed by atoms with Crippen molar-refractivity contribution >= 4 is 0 Å². The zero-order valence-electron chi connectivity index (χ0n) is 18.2. The molecule has 2 aliphatic carbocycles. The van der Waals surface area contributed by atoms with E-state index in [1.165, 1.54) is 30.5 Å². The van der Waals surface area contributed by atoms with Crippen molar-refractivity contribution in [3.63, 3.8) is 0 Å². The molecule has 5 heteroatoms. The first-order chi connectivity index (χ1) is 13.9. The van der Waals surface area contributed by atoms with E-state index in [2.05, 4.69) is 25.0 Å². The Morgan fingerprint density at radius 3 is 2.59 bits per heavy atom. The first-order valence-corrected chi connectivity index (χ1v) is 10.8. The Labute approximate surface area is 174 Å². The van der Waals surface area contributed by atoms with Crippen molar-refractivity contribution < 1.29 is 4.74 Å². The number of nitriles is 1. The van der Waals surface area contributed by atoms with E-state index in [0.29, 0.717) is 6.61 Å². The van der Waals surface area contributed by atoms with E-state index in [1.807, 2.05) is 24.0 Å². The molecule has 2 heterocycles. The molecule has 0 radical (unpaired) electrons. The molecule has 29 heavy (non-hydrogen) atoms. The second-order valence-corrected chi connectivity index (χ2v) is 9.70. The normalized spacial score (nSPS) is 20.1. The Bertz CT molecular complexity index is 939. The molecule has 5 nitrogen and oxygen atoms in total. The van der Waals surface area contributed by atoms with Gasteiger partial charge >= 0.3 is 0 Å². The van der Waals surface area contributed by atoms with Crippen LogP contribution in [0.15, 0.2) is 12.3 Å². The summed E-state index contributed by atoms with van der Waals surface area (Å²) >= 11 is 0. The quantitative estimate of drug-likeness (QED) is 0.755. The van der Waals surface area contributed by atoms with Gasteiger partial charge in [0.1, 0.15) is 6.07 Å². The highest BCUT2D eigenvalue weighted by Gasteiger charge is 2.41. The highest BCUT2D eigenvalue weighted by atomic mass is 16.5. The lowest BCUT2D eigenvalue weighted by atomic mass is 9.68. The fraction of sp³-hybridized carbons (Fsp3) is 0.625. The Morgan fingerprint density at radius 2 is 1.97 bits per heavy atom. The topological polar surface area (TPSA) is 63.7 Å². The average Bonchev–Trinajstić information content (AvgIpc) is 3.12. The average molecular weight is 393 g/mol. The number of methoxy groups -OCH3 is 1. The van der Waals surface area contributed by atoms with Crippen molar-refractivity contribution in [1.29, 1.82) is 5.26 Å². The summed E-state index contributed by atoms with van der Waals surface area (Å²) in [5.74, 6) is 0. The van der Waals surface area contributed by atoms with Gasteiger partial charge in [0.05, 0.1) is 23.6 Å². The lowest BCUT2D eigenvalue weighted by Gasteiger charge is -2.39. The molecule has 0 spiro atoms. The van der Waals surface area contributed by atoms with Crippen molar-refractivity contribution in [1.82, 2.24) is 14.8 Å². The van der Waals surface area contributed by atoms with Crippen molar-refractivity contribution in [2.75, 3.05) is 13.7 Å². The number of aryl methyl sites for hydroxylation is 2. The van der Waals surface area contributed by atoms with Gasteiger partial charge in [-0.3, -0.25) is 9.67 Å². The van der Waals surface area contributed by atoms with Crippen LogP contribution in [0.25, 0.3) is 11.3 Å². The molecule has 1 fully saturated rings. The van der Waals surface area contributed by atoms with E-state index in [0.717, 1.165) is 54.6 Å². The number of pyridine rings is 1. The van der Waals surface area contributed by atoms with Crippen LogP contribution in [-0.2, 0) is 30.0 Å². The second kappa shape index (κ2) is 7.57. The van der Waals surface area contributed by atoms with Crippen LogP contribution in [0.3, 0.4) is 0 Å². The minimum Gasteiger partial charge on any atom is -0.384 e. The van der Waals surface area contributed by atoms with Gasteiger partial charge in [0.2, 0.25) is 0 Å². The van der Waals surface area contributed by atoms with E-state index in [4.69, 9.17) is 9.72 Å². The minimum atomic E-state index is -0.159. The van der Waals surface area contributed by atoms with Crippen molar-refractivity contribution in [3.05, 3.63) is 34.8 Å². The van der Waals surface area contributed by atoms with Crippen molar-refractivity contribution in [3.8, 4) is 17.3 Å². The number of aromatic nitrogens is 3. The summed E-state index contributed by atoms with van der Waals surface area (Å²) < 4.78 is 7.60. The zero-order chi connectivity index (χ0) is 20.6. The number of nitrogens with zero attached hydrogens (tertiary/aromatic N) is 4. The molecular formula is C24H32N4O. The molecule has 0 N–H and O–H groups in total. The van der Waals surface area contributed by atoms with Crippen LogP contribution in [-0.4, -0.2) is 28.5 Å². The fourth-order valence-corrected chi connectivity index (χ4v) is 5.44. The number of ether oxygens (including phenoxy) is 1. The number of rotatable bonds is 4. The van der Waals surface area contributed by atoms with E-state index >= 15 is 0 Å². The van der Waals surface area contributed by atoms with Crippen LogP contribution in [0.1, 0.15) is 74.9 Å². The smallest absolute Gasteiger partial charge is 0.102 e. The molecule has 0 aromatic carbocycles. The van der Waals surface area contributed by atoms with Gasteiger partial charge in [-0.25, -0.2) is 0 Å². The minimum absolute atomic E-state index is 0.159. The van der Waals surface area contributed by atoms with Crippen LogP contribution in [0.5, 0.6) is 0 Å². The molecule has 0 unspecified atom stereocenters. The maximum absolute atomic E-state index is 10.4. The van der Waals surface area contributed by atoms with Crippen LogP contribution < -0.4 is 0 Å². The van der Waals surface area contributed by atoms with Crippen LogP contribution in [0.2, 0.25) is 0 Å². The lowest BCUT2D eigenvalue weighted by molar-refractivity contribution is 0.100. The monoisotopic (exact) mass is 392 g/mol. The molecule has 0 bridgehead atoms. The molecule has 1 saturated carbocycles. The highest BCUT2D eigenvalue weighted by Crippen LogP contribution is 2.46. The third kappa shape index (κ3) is 3.48. The summed E-state index contributed by atoms with van der Waals surface area (Å²) in [4.78, 5) is 5.23. The molecule has 0 amide bonds. The molecule has 0 saturated heterocycles. The van der Waals surface area contributed by atoms with Crippen LogP contribution in [0, 0.1) is 16.7 Å². The predicted octanol–water partition coefficient (Wildman–Crippen LogP) is 4.72. The number of fused-ring (bicyclic) bond motifs is 1. The van der Waals surface area contributed by atoms with Gasteiger partial charge in [-0.2, -0.15) is 10.4 Å². The largest absolute Gasteiger partial charge is 0.384 e. The van der Waals surface area contributed by atoms with Crippen molar-refractivity contribution in [2.45, 2.75) is 70.6 Å². The predicted molar refractivity (Wildman–Crippen MR) is 114 cm³/mol. The third-order valence-corrected chi connectivity index (χ3v) is 7.00. The number of hydrogen-bond donors (Lipinski definition) is 0. The third-order valence-electron chi connectivity index (χ3n) is 7.00. The summed E-state index contributed by atoms with van der Waals surface area (Å²) in [7, 11) is 3.73. The van der Waals surface area contributed by atoms with Gasteiger partial charge in [-0.15, -0.1) is 0 Å². The van der Waals surface area contributed by atoms with Crippen LogP contribution in [0.4, 0.5) is 0 Å². The van der Waals surface area contributed by atoms with Gasteiger partial charge in [0.15, 0.2) is 0 Å². The molecule has 0 atom stereocenters. The molecule has 2 aliphatic rings. The Balaban J connectivity index is 2.01. The molecule has 2 aromatic heterocycles. The molecule has 4 rings (SSSR count). The van der Waals surface area contributed by atoms with E-state index < -0.39 is 0 Å². The van der Waals surface area contributed by atoms with Gasteiger partial charge in [0.25, 0.3) is 0 Å².